The van der Waals surface area contributed by atoms with Crippen LogP contribution in [-0.2, 0) is 60.8 Å². The maximum Gasteiger partial charge on any atom is 0.294 e. The van der Waals surface area contributed by atoms with Crippen LogP contribution < -0.4 is 20.3 Å². The van der Waals surface area contributed by atoms with Gasteiger partial charge in [0.1, 0.15) is 18.0 Å². The molecule has 4 aliphatic rings. The molecule has 3 aromatic carbocycles. The summed E-state index contributed by atoms with van der Waals surface area (Å²) in [5.41, 5.74) is 8.69. The van der Waals surface area contributed by atoms with Crippen molar-refractivity contribution < 1.29 is 60.8 Å². The first-order valence-electron chi connectivity index (χ1n) is 27.0. The number of phenolic OH excluding ortho intramolecular Hbond substituents is 1. The van der Waals surface area contributed by atoms with Crippen LogP contribution in [0, 0.1) is 27.7 Å². The molecule has 0 radical (unpaired) electrons. The molecular weight excluding hydrogens is 1010 g/mol. The molecule has 4 aliphatic heterocycles. The molecule has 0 saturated carbocycles. The van der Waals surface area contributed by atoms with Crippen molar-refractivity contribution in [2.24, 2.45) is 0 Å². The predicted octanol–water partition coefficient (Wildman–Crippen LogP) is 7.59. The summed E-state index contributed by atoms with van der Waals surface area (Å²) >= 11 is 0. The van der Waals surface area contributed by atoms with E-state index in [1.165, 1.54) is 29.3 Å². The van der Waals surface area contributed by atoms with Gasteiger partial charge in [0, 0.05) is 97.7 Å². The number of imide groups is 1. The van der Waals surface area contributed by atoms with E-state index in [0.717, 1.165) is 68.3 Å². The SMILES string of the molecule is Cc1ccc2c(c1)C(C)(C)C(=CC=CC=CC1=[N+](CCCCCC(=O)NCCN3C(=O)C=CC3=O)c3ccc(S(=O)(=O)O)cc3C1(C)C)N2CCOCCOCCOCCNC(=O)C1(C)CCc2c(C)c(O)c(C)c(C)c2O1. The summed E-state index contributed by atoms with van der Waals surface area (Å²) in [5, 5.41) is 16.2. The number of carbonyl (C=O) groups is 4. The molecule has 18 heteroatoms. The average molecular weight is 1090 g/mol. The fraction of sp³-hybridized carbons (Fsp3) is 0.483. The number of allylic oxidation sites excluding steroid dienone is 6. The molecule has 78 heavy (non-hydrogen) atoms. The third kappa shape index (κ3) is 13.3. The van der Waals surface area contributed by atoms with E-state index in [9.17, 15) is 37.3 Å². The summed E-state index contributed by atoms with van der Waals surface area (Å²) in [5.74, 6) is -0.150. The van der Waals surface area contributed by atoms with Crippen molar-refractivity contribution >= 4 is 50.8 Å². The predicted molar refractivity (Wildman–Crippen MR) is 299 cm³/mol. The van der Waals surface area contributed by atoms with Crippen LogP contribution in [-0.4, -0.2) is 135 Å². The Morgan fingerprint density at radius 2 is 1.45 bits per heavy atom. The lowest BCUT2D eigenvalue weighted by Crippen LogP contribution is -2.51. The summed E-state index contributed by atoms with van der Waals surface area (Å²) < 4.78 is 60.5. The second kappa shape index (κ2) is 25.1. The normalized spacial score (nSPS) is 18.9. The van der Waals surface area contributed by atoms with Gasteiger partial charge in [0.15, 0.2) is 11.3 Å². The van der Waals surface area contributed by atoms with Crippen LogP contribution in [0.5, 0.6) is 11.5 Å². The minimum atomic E-state index is -4.44. The van der Waals surface area contributed by atoms with Gasteiger partial charge in [0.25, 0.3) is 27.8 Å². The molecule has 0 spiro atoms. The third-order valence-corrected chi connectivity index (χ3v) is 16.4. The fourth-order valence-electron chi connectivity index (χ4n) is 10.8. The number of rotatable bonds is 26. The Morgan fingerprint density at radius 1 is 0.756 bits per heavy atom. The van der Waals surface area contributed by atoms with E-state index in [1.807, 2.05) is 58.9 Å². The number of aryl methyl sites for hydroxylation is 1. The molecule has 0 bridgehead atoms. The molecule has 1 unspecified atom stereocenters. The van der Waals surface area contributed by atoms with Gasteiger partial charge in [-0.05, 0) is 114 Å². The largest absolute Gasteiger partial charge is 0.507 e. The Morgan fingerprint density at radius 3 is 2.15 bits per heavy atom. The highest BCUT2D eigenvalue weighted by atomic mass is 32.2. The molecule has 1 atom stereocenters. The lowest BCUT2D eigenvalue weighted by Gasteiger charge is -2.36. The zero-order valence-corrected chi connectivity index (χ0v) is 47.6. The average Bonchev–Trinajstić information content (AvgIpc) is 4.12. The van der Waals surface area contributed by atoms with Crippen molar-refractivity contribution in [2.45, 2.75) is 122 Å². The molecule has 420 valence electrons. The number of nitrogens with zero attached hydrogens (tertiary/aromatic N) is 3. The van der Waals surface area contributed by atoms with Crippen LogP contribution in [0.15, 0.2) is 89.5 Å². The van der Waals surface area contributed by atoms with Gasteiger partial charge < -0.3 is 39.6 Å². The zero-order chi connectivity index (χ0) is 56.6. The van der Waals surface area contributed by atoms with Crippen LogP contribution >= 0.6 is 0 Å². The van der Waals surface area contributed by atoms with Crippen LogP contribution in [0.1, 0.15) is 106 Å². The topological polar surface area (TPSA) is 213 Å². The quantitative estimate of drug-likeness (QED) is 0.0201. The van der Waals surface area contributed by atoms with Gasteiger partial charge in [-0.25, -0.2) is 0 Å². The molecule has 0 fully saturated rings. The second-order valence-electron chi connectivity index (χ2n) is 21.7. The van der Waals surface area contributed by atoms with Crippen molar-refractivity contribution in [3.8, 4) is 11.5 Å². The van der Waals surface area contributed by atoms with Gasteiger partial charge in [-0.2, -0.15) is 13.0 Å². The van der Waals surface area contributed by atoms with Crippen LogP contribution in [0.4, 0.5) is 11.4 Å². The first kappa shape index (κ1) is 59.2. The van der Waals surface area contributed by atoms with Gasteiger partial charge in [-0.3, -0.25) is 28.6 Å². The minimum absolute atomic E-state index is 0.117. The standard InChI is InChI=1S/C60H77N5O12S/c1-40-19-21-48-46(38-40)58(5,6)51(64(48)31-33-75-35-37-76-36-34-74-32-28-62-57(70)60(9)26-25-45-43(4)55(69)41(2)42(3)56(45)77-60)17-13-10-12-16-50-59(7,8)47-39-44(78(71,72)73)20-22-49(47)63(50)29-15-11-14-18-52(66)61-27-30-65-53(67)23-24-54(65)68/h10,12-13,16-17,19-24,38-39H,11,14-15,18,25-37H2,1-9H3,(H3-,61,62,66,69,70,71,72,73)/p+1. The summed E-state index contributed by atoms with van der Waals surface area (Å²) in [6.45, 7) is 22.3. The minimum Gasteiger partial charge on any atom is -0.507 e. The Labute approximate surface area is 459 Å². The van der Waals surface area contributed by atoms with Gasteiger partial charge in [0.05, 0.1) is 50.0 Å². The summed E-state index contributed by atoms with van der Waals surface area (Å²) in [6.07, 6.45) is 16.2. The van der Waals surface area contributed by atoms with Crippen molar-refractivity contribution in [3.05, 3.63) is 124 Å². The monoisotopic (exact) mass is 1090 g/mol. The second-order valence-corrected chi connectivity index (χ2v) is 23.1. The number of amides is 4. The fourth-order valence-corrected chi connectivity index (χ4v) is 11.3. The third-order valence-electron chi connectivity index (χ3n) is 15.5. The molecule has 4 heterocycles. The first-order chi connectivity index (χ1) is 37.0. The van der Waals surface area contributed by atoms with E-state index in [4.69, 9.17) is 18.9 Å². The Balaban J connectivity index is 0.885. The van der Waals surface area contributed by atoms with Crippen molar-refractivity contribution in [1.29, 1.82) is 0 Å². The van der Waals surface area contributed by atoms with Crippen LogP contribution in [0.25, 0.3) is 0 Å². The van der Waals surface area contributed by atoms with Crippen molar-refractivity contribution in [3.63, 3.8) is 0 Å². The summed E-state index contributed by atoms with van der Waals surface area (Å²) in [4.78, 5) is 52.6. The molecule has 0 saturated heterocycles. The van der Waals surface area contributed by atoms with E-state index >= 15 is 0 Å². The van der Waals surface area contributed by atoms with Crippen LogP contribution in [0.3, 0.4) is 0 Å². The van der Waals surface area contributed by atoms with E-state index in [0.29, 0.717) is 90.7 Å². The Hall–Kier alpha value is -6.44. The van der Waals surface area contributed by atoms with Gasteiger partial charge in [-0.1, -0.05) is 49.8 Å². The number of phenols is 1. The number of ether oxygens (including phenoxy) is 4. The lowest BCUT2D eigenvalue weighted by atomic mass is 9.81. The van der Waals surface area contributed by atoms with E-state index < -0.39 is 21.1 Å². The number of benzene rings is 3. The molecule has 3 aromatic rings. The highest BCUT2D eigenvalue weighted by Gasteiger charge is 2.45. The highest BCUT2D eigenvalue weighted by Crippen LogP contribution is 2.48. The number of carbonyl (C=O) groups excluding carboxylic acids is 4. The van der Waals surface area contributed by atoms with Gasteiger partial charge in [-0.15, -0.1) is 0 Å². The molecule has 7 rings (SSSR count). The lowest BCUT2D eigenvalue weighted by molar-refractivity contribution is -0.438. The molecule has 17 nitrogen and oxygen atoms in total. The number of fused-ring (bicyclic) bond motifs is 3. The Kier molecular flexibility index (Phi) is 19.1. The molecular formula is C60H78N5O12S+. The maximum absolute atomic E-state index is 13.2. The highest BCUT2D eigenvalue weighted by molar-refractivity contribution is 7.85. The molecule has 0 aliphatic carbocycles. The van der Waals surface area contributed by atoms with Crippen molar-refractivity contribution in [2.75, 3.05) is 77.3 Å². The zero-order valence-electron chi connectivity index (χ0n) is 46.8. The number of hydrogen-bond donors (Lipinski definition) is 4. The van der Waals surface area contributed by atoms with E-state index in [2.05, 4.69) is 65.2 Å². The number of aromatic hydroxyl groups is 1. The number of unbranched alkanes of at least 4 members (excludes halogenated alkanes) is 2. The first-order valence-corrected chi connectivity index (χ1v) is 28.4. The van der Waals surface area contributed by atoms with Crippen molar-refractivity contribution in [1.82, 2.24) is 15.5 Å². The number of hydrogen-bond acceptors (Lipinski definition) is 12. The number of anilines is 1. The van der Waals surface area contributed by atoms with Gasteiger partial charge in [0.2, 0.25) is 11.6 Å². The smallest absolute Gasteiger partial charge is 0.294 e. The molecule has 0 aromatic heterocycles. The molecule has 4 amide bonds. The van der Waals surface area contributed by atoms with E-state index in [-0.39, 0.29) is 52.8 Å². The summed E-state index contributed by atoms with van der Waals surface area (Å²) in [7, 11) is -4.44. The summed E-state index contributed by atoms with van der Waals surface area (Å²) in [6, 6.07) is 11.2. The number of nitrogens with one attached hydrogen (secondary N) is 2. The maximum atomic E-state index is 13.2. The van der Waals surface area contributed by atoms with Crippen LogP contribution in [0.2, 0.25) is 0 Å². The molecule has 4 N–H and O–H groups in total. The van der Waals surface area contributed by atoms with Gasteiger partial charge >= 0.3 is 0 Å². The Bertz CT molecular complexity index is 3050. The van der Waals surface area contributed by atoms with E-state index in [1.54, 1.807) is 19.1 Å².